The van der Waals surface area contributed by atoms with Gasteiger partial charge in [0, 0.05) is 18.2 Å². The van der Waals surface area contributed by atoms with Crippen molar-refractivity contribution in [3.63, 3.8) is 0 Å². The van der Waals surface area contributed by atoms with Crippen molar-refractivity contribution in [2.45, 2.75) is 25.8 Å². The smallest absolute Gasteiger partial charge is 0.251 e. The van der Waals surface area contributed by atoms with Gasteiger partial charge < -0.3 is 11.1 Å². The van der Waals surface area contributed by atoms with Crippen molar-refractivity contribution in [2.24, 2.45) is 11.7 Å². The van der Waals surface area contributed by atoms with Gasteiger partial charge in [-0.2, -0.15) is 5.10 Å². The van der Waals surface area contributed by atoms with E-state index in [1.807, 2.05) is 25.1 Å². The summed E-state index contributed by atoms with van der Waals surface area (Å²) < 4.78 is 1.67. The van der Waals surface area contributed by atoms with Gasteiger partial charge in [0.05, 0.1) is 5.69 Å². The second kappa shape index (κ2) is 6.89. The van der Waals surface area contributed by atoms with Crippen LogP contribution in [0.25, 0.3) is 5.69 Å². The first kappa shape index (κ1) is 16.5. The van der Waals surface area contributed by atoms with Gasteiger partial charge in [0.25, 0.3) is 5.91 Å². The van der Waals surface area contributed by atoms with E-state index in [4.69, 9.17) is 5.73 Å². The fourth-order valence-electron chi connectivity index (χ4n) is 2.50. The molecular formula is C15H20ClN5O. The van der Waals surface area contributed by atoms with E-state index in [0.717, 1.165) is 24.1 Å². The molecule has 1 aromatic heterocycles. The number of nitrogens with one attached hydrogen (secondary N) is 1. The molecule has 0 spiro atoms. The first-order valence-corrected chi connectivity index (χ1v) is 7.15. The third kappa shape index (κ3) is 3.45. The molecule has 1 unspecified atom stereocenters. The largest absolute Gasteiger partial charge is 0.348 e. The Hall–Kier alpha value is -1.92. The molecule has 1 aromatic carbocycles. The van der Waals surface area contributed by atoms with Crippen LogP contribution in [0.4, 0.5) is 0 Å². The van der Waals surface area contributed by atoms with Gasteiger partial charge >= 0.3 is 0 Å². The summed E-state index contributed by atoms with van der Waals surface area (Å²) in [6, 6.07) is 5.71. The van der Waals surface area contributed by atoms with Crippen LogP contribution in [0, 0.1) is 12.8 Å². The van der Waals surface area contributed by atoms with Gasteiger partial charge in [-0.15, -0.1) is 12.4 Å². The minimum atomic E-state index is -0.0556. The van der Waals surface area contributed by atoms with E-state index in [1.54, 1.807) is 11.0 Å². The summed E-state index contributed by atoms with van der Waals surface area (Å²) in [5.41, 5.74) is 8.21. The fourth-order valence-corrected chi connectivity index (χ4v) is 2.50. The number of hydrogen-bond donors (Lipinski definition) is 2. The molecule has 2 aromatic rings. The number of carbonyl (C=O) groups excluding carboxylic acids is 1. The predicted molar refractivity (Wildman–Crippen MR) is 86.4 cm³/mol. The third-order valence-electron chi connectivity index (χ3n) is 3.90. The quantitative estimate of drug-likeness (QED) is 0.873. The molecule has 0 radical (unpaired) electrons. The molecule has 0 bridgehead atoms. The monoisotopic (exact) mass is 321 g/mol. The summed E-state index contributed by atoms with van der Waals surface area (Å²) in [5.74, 6) is 0.494. The highest BCUT2D eigenvalue weighted by Crippen LogP contribution is 2.32. The third-order valence-corrected chi connectivity index (χ3v) is 3.90. The van der Waals surface area contributed by atoms with E-state index in [9.17, 15) is 4.79 Å². The lowest BCUT2D eigenvalue weighted by molar-refractivity contribution is 0.0933. The van der Waals surface area contributed by atoms with E-state index in [0.29, 0.717) is 18.0 Å². The Bertz CT molecular complexity index is 639. The van der Waals surface area contributed by atoms with Crippen molar-refractivity contribution in [1.82, 2.24) is 20.1 Å². The Morgan fingerprint density at radius 2 is 2.27 bits per heavy atom. The van der Waals surface area contributed by atoms with Gasteiger partial charge in [-0.1, -0.05) is 0 Å². The summed E-state index contributed by atoms with van der Waals surface area (Å²) in [4.78, 5) is 16.3. The molecule has 1 aliphatic rings. The minimum absolute atomic E-state index is 0. The van der Waals surface area contributed by atoms with Crippen LogP contribution in [0.1, 0.15) is 28.8 Å². The fraction of sp³-hybridized carbons (Fsp3) is 0.400. The van der Waals surface area contributed by atoms with E-state index >= 15 is 0 Å². The molecule has 1 atom stereocenters. The first-order valence-electron chi connectivity index (χ1n) is 7.15. The van der Waals surface area contributed by atoms with Crippen molar-refractivity contribution in [3.8, 4) is 5.69 Å². The number of nitrogens with zero attached hydrogens (tertiary/aromatic N) is 3. The molecule has 3 N–H and O–H groups in total. The predicted octanol–water partition coefficient (Wildman–Crippen LogP) is 1.46. The van der Waals surface area contributed by atoms with Gasteiger partial charge in [-0.3, -0.25) is 4.79 Å². The molecule has 3 rings (SSSR count). The number of aromatic nitrogens is 3. The van der Waals surface area contributed by atoms with E-state index in [1.165, 1.54) is 6.33 Å². The number of nitrogens with two attached hydrogens (primary N) is 1. The van der Waals surface area contributed by atoms with Gasteiger partial charge in [0.15, 0.2) is 0 Å². The highest BCUT2D eigenvalue weighted by atomic mass is 35.5. The van der Waals surface area contributed by atoms with Crippen LogP contribution in [-0.2, 0) is 0 Å². The summed E-state index contributed by atoms with van der Waals surface area (Å²) in [7, 11) is 0. The molecule has 1 aliphatic carbocycles. The number of hydrogen-bond acceptors (Lipinski definition) is 4. The van der Waals surface area contributed by atoms with Gasteiger partial charge in [-0.05, 0) is 49.4 Å². The molecule has 7 heteroatoms. The minimum Gasteiger partial charge on any atom is -0.348 e. The van der Waals surface area contributed by atoms with Crippen LogP contribution in [0.5, 0.6) is 0 Å². The Morgan fingerprint density at radius 1 is 1.50 bits per heavy atom. The number of amides is 1. The van der Waals surface area contributed by atoms with Crippen molar-refractivity contribution >= 4 is 18.3 Å². The lowest BCUT2D eigenvalue weighted by atomic mass is 10.1. The molecule has 1 fully saturated rings. The average Bonchev–Trinajstić information content (AvgIpc) is 3.18. The lowest BCUT2D eigenvalue weighted by Gasteiger charge is -2.17. The zero-order valence-corrected chi connectivity index (χ0v) is 13.2. The number of benzene rings is 1. The van der Waals surface area contributed by atoms with Crippen LogP contribution >= 0.6 is 12.4 Å². The Labute approximate surface area is 135 Å². The highest BCUT2D eigenvalue weighted by molar-refractivity contribution is 5.96. The Kier molecular flexibility index (Phi) is 5.15. The molecule has 6 nitrogen and oxygen atoms in total. The molecule has 0 saturated heterocycles. The van der Waals surface area contributed by atoms with Crippen molar-refractivity contribution < 1.29 is 4.79 Å². The lowest BCUT2D eigenvalue weighted by Crippen LogP contribution is -2.41. The highest BCUT2D eigenvalue weighted by Gasteiger charge is 2.31. The topological polar surface area (TPSA) is 85.8 Å². The maximum atomic E-state index is 12.4. The molecule has 1 saturated carbocycles. The maximum Gasteiger partial charge on any atom is 0.251 e. The van der Waals surface area contributed by atoms with Crippen molar-refractivity contribution in [1.29, 1.82) is 0 Å². The van der Waals surface area contributed by atoms with Gasteiger partial charge in [0.1, 0.15) is 12.7 Å². The zero-order chi connectivity index (χ0) is 14.8. The molecule has 22 heavy (non-hydrogen) atoms. The zero-order valence-electron chi connectivity index (χ0n) is 12.4. The van der Waals surface area contributed by atoms with E-state index < -0.39 is 0 Å². The first-order chi connectivity index (χ1) is 10.2. The molecule has 1 heterocycles. The Balaban J connectivity index is 0.00000176. The number of rotatable bonds is 5. The maximum absolute atomic E-state index is 12.4. The molecule has 1 amide bonds. The molecule has 118 valence electrons. The summed E-state index contributed by atoms with van der Waals surface area (Å²) >= 11 is 0. The van der Waals surface area contributed by atoms with Crippen molar-refractivity contribution in [3.05, 3.63) is 42.0 Å². The van der Waals surface area contributed by atoms with Crippen LogP contribution in [-0.4, -0.2) is 33.3 Å². The standard InChI is InChI=1S/C15H19N5O.ClH/c1-10-6-12(20-9-17-8-18-20)4-5-13(10)15(21)19-14(7-16)11-2-3-11;/h4-6,8-9,11,14H,2-3,7,16H2,1H3,(H,19,21);1H. The normalized spacial score (nSPS) is 15.0. The van der Waals surface area contributed by atoms with Crippen LogP contribution in [0.2, 0.25) is 0 Å². The number of aryl methyl sites for hydroxylation is 1. The summed E-state index contributed by atoms with van der Waals surface area (Å²) in [5, 5.41) is 7.12. The van der Waals surface area contributed by atoms with E-state index in [-0.39, 0.29) is 24.4 Å². The van der Waals surface area contributed by atoms with Crippen LogP contribution in [0.15, 0.2) is 30.9 Å². The number of carbonyl (C=O) groups is 1. The van der Waals surface area contributed by atoms with Crippen LogP contribution in [0.3, 0.4) is 0 Å². The van der Waals surface area contributed by atoms with E-state index in [2.05, 4.69) is 15.4 Å². The molecular weight excluding hydrogens is 302 g/mol. The second-order valence-electron chi connectivity index (χ2n) is 5.49. The Morgan fingerprint density at radius 3 is 2.82 bits per heavy atom. The van der Waals surface area contributed by atoms with Crippen molar-refractivity contribution in [2.75, 3.05) is 6.54 Å². The van der Waals surface area contributed by atoms with Crippen LogP contribution < -0.4 is 11.1 Å². The molecule has 0 aliphatic heterocycles. The summed E-state index contributed by atoms with van der Waals surface area (Å²) in [6.07, 6.45) is 5.43. The van der Waals surface area contributed by atoms with Gasteiger partial charge in [0.2, 0.25) is 0 Å². The second-order valence-corrected chi connectivity index (χ2v) is 5.49. The average molecular weight is 322 g/mol. The number of halogens is 1. The van der Waals surface area contributed by atoms with Gasteiger partial charge in [-0.25, -0.2) is 9.67 Å². The summed E-state index contributed by atoms with van der Waals surface area (Å²) in [6.45, 7) is 2.41. The SMILES string of the molecule is Cc1cc(-n2cncn2)ccc1C(=O)NC(CN)C1CC1.Cl.